The number of aromatic nitrogens is 5. The molecule has 16 nitrogen and oxygen atoms in total. The van der Waals surface area contributed by atoms with Crippen molar-refractivity contribution in [1.82, 2.24) is 35.4 Å². The average molecular weight is 582 g/mol. The number of hydrogen-bond acceptors (Lipinski definition) is 14. The Labute approximate surface area is 226 Å². The van der Waals surface area contributed by atoms with E-state index in [0.717, 1.165) is 32.7 Å². The van der Waals surface area contributed by atoms with E-state index in [1.165, 1.54) is 23.2 Å². The maximum Gasteiger partial charge on any atom is 0.352 e. The summed E-state index contributed by atoms with van der Waals surface area (Å²) in [4.78, 5) is 59.3. The maximum absolute atomic E-state index is 13.0. The van der Waals surface area contributed by atoms with Gasteiger partial charge in [-0.15, -0.1) is 28.2 Å². The van der Waals surface area contributed by atoms with Crippen LogP contribution in [0.5, 0.6) is 0 Å². The van der Waals surface area contributed by atoms with Crippen LogP contribution >= 0.6 is 34.9 Å². The number of fused-ring (bicyclic) bond motifs is 1. The molecule has 0 aromatic carbocycles. The molecule has 0 aliphatic carbocycles. The average Bonchev–Trinajstić information content (AvgIpc) is 3.50. The Kier molecular flexibility index (Phi) is 8.27. The van der Waals surface area contributed by atoms with Gasteiger partial charge in [-0.2, -0.15) is 0 Å². The largest absolute Gasteiger partial charge is 0.480 e. The number of carbonyl (C=O) groups is 4. The molecule has 19 heteroatoms. The summed E-state index contributed by atoms with van der Waals surface area (Å²) in [6.45, 7) is 3.08. The molecular formula is C19H19N9O7S3. The second-order valence-electron chi connectivity index (χ2n) is 7.52. The molecule has 5 N–H and O–H groups in total. The molecule has 2 aromatic rings. The van der Waals surface area contributed by atoms with Crippen molar-refractivity contribution in [1.29, 1.82) is 0 Å². The predicted octanol–water partition coefficient (Wildman–Crippen LogP) is -0.766. The number of nitrogen functional groups attached to an aromatic ring is 1. The Hall–Kier alpha value is -3.97. The number of carboxylic acids is 2. The molecule has 0 saturated carbocycles. The summed E-state index contributed by atoms with van der Waals surface area (Å²) in [6, 6.07) is -1.01. The number of β-lactam (4-membered cyclic amide) rings is 1. The van der Waals surface area contributed by atoms with Gasteiger partial charge in [-0.25, -0.2) is 14.5 Å². The number of thioether (sulfide) groups is 2. The fourth-order valence-corrected chi connectivity index (χ4v) is 6.35. The lowest BCUT2D eigenvalue weighted by atomic mass is 10.0. The van der Waals surface area contributed by atoms with Gasteiger partial charge in [0.05, 0.1) is 0 Å². The number of thiazole rings is 1. The van der Waals surface area contributed by atoms with Crippen LogP contribution in [0.3, 0.4) is 0 Å². The van der Waals surface area contributed by atoms with Crippen molar-refractivity contribution in [2.75, 3.05) is 23.8 Å². The number of carboxylic acid groups (broad SMARTS) is 2. The number of amides is 2. The highest BCUT2D eigenvalue weighted by atomic mass is 32.2. The maximum atomic E-state index is 13.0. The van der Waals surface area contributed by atoms with Crippen molar-refractivity contribution in [2.24, 2.45) is 5.16 Å². The van der Waals surface area contributed by atoms with Gasteiger partial charge in [0.25, 0.3) is 11.8 Å². The molecule has 4 rings (SSSR count). The molecule has 0 radical (unpaired) electrons. The van der Waals surface area contributed by atoms with Gasteiger partial charge < -0.3 is 26.1 Å². The fourth-order valence-electron chi connectivity index (χ4n) is 3.44. The summed E-state index contributed by atoms with van der Waals surface area (Å²) in [7, 11) is 0. The van der Waals surface area contributed by atoms with E-state index in [4.69, 9.17) is 15.7 Å². The lowest BCUT2D eigenvalue weighted by Gasteiger charge is -2.49. The number of nitrogens with zero attached hydrogens (tertiary/aromatic N) is 7. The smallest absolute Gasteiger partial charge is 0.352 e. The van der Waals surface area contributed by atoms with Crippen LogP contribution in [0.25, 0.3) is 0 Å². The highest BCUT2D eigenvalue weighted by Crippen LogP contribution is 2.41. The van der Waals surface area contributed by atoms with Crippen LogP contribution in [0.2, 0.25) is 0 Å². The minimum atomic E-state index is -1.31. The number of anilines is 1. The molecule has 2 amide bonds. The van der Waals surface area contributed by atoms with Gasteiger partial charge in [-0.05, 0) is 16.0 Å². The topological polar surface area (TPSA) is 228 Å². The molecule has 2 aromatic heterocycles. The van der Waals surface area contributed by atoms with Crippen LogP contribution in [-0.2, 0) is 30.6 Å². The number of tetrazole rings is 1. The quantitative estimate of drug-likeness (QED) is 0.0603. The first kappa shape index (κ1) is 27.1. The molecule has 4 heterocycles. The van der Waals surface area contributed by atoms with E-state index in [1.54, 1.807) is 0 Å². The van der Waals surface area contributed by atoms with Gasteiger partial charge in [-0.1, -0.05) is 29.6 Å². The predicted molar refractivity (Wildman–Crippen MR) is 135 cm³/mol. The molecule has 1 saturated heterocycles. The van der Waals surface area contributed by atoms with Gasteiger partial charge >= 0.3 is 11.9 Å². The van der Waals surface area contributed by atoms with E-state index in [1.807, 2.05) is 0 Å². The second kappa shape index (κ2) is 11.6. The molecule has 1 unspecified atom stereocenters. The van der Waals surface area contributed by atoms with E-state index in [0.29, 0.717) is 5.57 Å². The van der Waals surface area contributed by atoms with E-state index in [9.17, 15) is 24.3 Å². The standard InChI is InChI=1S/C19H19N9O7S3/c1-2-3-35-24-11(9-7-37-18(20)21-9)14(31)22-12-15(32)28-13(17(33)34)8(5-36-16(12)28)6-38-19-23-25-26-27(19)4-10(29)30/h2,7,12,16H,1,3-6H2,(H2,20,21)(H,22,31)(H,29,30)(H,33,34)/t12?,16-/m0/s1. The van der Waals surface area contributed by atoms with E-state index < -0.39 is 41.7 Å². The summed E-state index contributed by atoms with van der Waals surface area (Å²) in [6.07, 6.45) is 1.43. The molecule has 0 spiro atoms. The van der Waals surface area contributed by atoms with Crippen LogP contribution in [0.4, 0.5) is 5.13 Å². The van der Waals surface area contributed by atoms with Crippen molar-refractivity contribution >= 4 is 69.5 Å². The van der Waals surface area contributed by atoms with Crippen molar-refractivity contribution in [3.63, 3.8) is 0 Å². The Morgan fingerprint density at radius 3 is 2.84 bits per heavy atom. The summed E-state index contributed by atoms with van der Waals surface area (Å²) in [5.74, 6) is -3.47. The Morgan fingerprint density at radius 2 is 2.18 bits per heavy atom. The van der Waals surface area contributed by atoms with E-state index in [-0.39, 0.29) is 45.5 Å². The molecule has 1 fully saturated rings. The lowest BCUT2D eigenvalue weighted by molar-refractivity contribution is -0.150. The third kappa shape index (κ3) is 5.63. The van der Waals surface area contributed by atoms with E-state index >= 15 is 0 Å². The Morgan fingerprint density at radius 1 is 1.39 bits per heavy atom. The molecule has 2 aliphatic heterocycles. The van der Waals surface area contributed by atoms with Gasteiger partial charge in [-0.3, -0.25) is 19.3 Å². The summed E-state index contributed by atoms with van der Waals surface area (Å²) in [5.41, 5.74) is 5.84. The molecule has 0 bridgehead atoms. The third-order valence-corrected chi connectivity index (χ3v) is 8.08. The van der Waals surface area contributed by atoms with Crippen LogP contribution < -0.4 is 11.1 Å². The summed E-state index contributed by atoms with van der Waals surface area (Å²) in [5, 5.41) is 37.2. The van der Waals surface area contributed by atoms with Gasteiger partial charge in [0.1, 0.15) is 36.0 Å². The number of nitrogens with one attached hydrogen (secondary N) is 1. The SMILES string of the molecule is C=CCON=C(C(=O)NC1C(=O)N2C(C(=O)O)=C(CSc3nnnn3CC(=O)O)CS[C@@H]12)c1csc(N)n1. The van der Waals surface area contributed by atoms with Crippen molar-refractivity contribution in [3.8, 4) is 0 Å². The number of oxime groups is 1. The first-order valence-electron chi connectivity index (χ1n) is 10.5. The number of carbonyl (C=O) groups excluding carboxylic acids is 2. The summed E-state index contributed by atoms with van der Waals surface area (Å²) < 4.78 is 1.07. The number of aliphatic carboxylic acids is 2. The monoisotopic (exact) mass is 581 g/mol. The van der Waals surface area contributed by atoms with Crippen molar-refractivity contribution in [2.45, 2.75) is 23.1 Å². The van der Waals surface area contributed by atoms with Crippen molar-refractivity contribution in [3.05, 3.63) is 35.0 Å². The number of hydrogen-bond donors (Lipinski definition) is 4. The minimum absolute atomic E-state index is 0.0290. The van der Waals surface area contributed by atoms with Gasteiger partial charge in [0.2, 0.25) is 5.16 Å². The van der Waals surface area contributed by atoms with Gasteiger partial charge in [0, 0.05) is 16.9 Å². The van der Waals surface area contributed by atoms with Crippen LogP contribution in [-0.4, -0.2) is 99.3 Å². The Bertz CT molecular complexity index is 1350. The lowest BCUT2D eigenvalue weighted by Crippen LogP contribution is -2.71. The second-order valence-corrected chi connectivity index (χ2v) is 10.5. The molecule has 2 atom stereocenters. The fraction of sp³-hybridized carbons (Fsp3) is 0.316. The zero-order valence-electron chi connectivity index (χ0n) is 19.2. The zero-order chi connectivity index (χ0) is 27.4. The molecular weight excluding hydrogens is 562 g/mol. The highest BCUT2D eigenvalue weighted by molar-refractivity contribution is 8.01. The summed E-state index contributed by atoms with van der Waals surface area (Å²) >= 11 is 3.40. The zero-order valence-corrected chi connectivity index (χ0v) is 21.7. The molecule has 200 valence electrons. The highest BCUT2D eigenvalue weighted by Gasteiger charge is 2.54. The first-order chi connectivity index (χ1) is 18.2. The first-order valence-corrected chi connectivity index (χ1v) is 13.5. The van der Waals surface area contributed by atoms with Crippen molar-refractivity contribution < 1.29 is 34.2 Å². The van der Waals surface area contributed by atoms with Crippen LogP contribution in [0, 0.1) is 0 Å². The molecule has 38 heavy (non-hydrogen) atoms. The van der Waals surface area contributed by atoms with Crippen LogP contribution in [0.1, 0.15) is 5.69 Å². The normalized spacial score (nSPS) is 19.0. The Balaban J connectivity index is 1.48. The number of rotatable bonds is 12. The van der Waals surface area contributed by atoms with Crippen LogP contribution in [0.15, 0.2) is 39.6 Å². The third-order valence-electron chi connectivity index (χ3n) is 5.02. The molecule has 2 aliphatic rings. The number of nitrogens with two attached hydrogens (primary N) is 1. The minimum Gasteiger partial charge on any atom is -0.480 e. The van der Waals surface area contributed by atoms with E-state index in [2.05, 4.69) is 37.6 Å². The van der Waals surface area contributed by atoms with Gasteiger partial charge in [0.15, 0.2) is 10.8 Å².